The first-order chi connectivity index (χ1) is 5.79. The van der Waals surface area contributed by atoms with Gasteiger partial charge in [0.2, 0.25) is 0 Å². The summed E-state index contributed by atoms with van der Waals surface area (Å²) in [6.45, 7) is 2.03. The van der Waals surface area contributed by atoms with Crippen molar-refractivity contribution >= 4 is 25.3 Å². The van der Waals surface area contributed by atoms with E-state index in [-0.39, 0.29) is 0 Å². The van der Waals surface area contributed by atoms with E-state index in [4.69, 9.17) is 0 Å². The highest BCUT2D eigenvalue weighted by atomic mass is 31.0. The summed E-state index contributed by atoms with van der Waals surface area (Å²) in [5, 5.41) is 3.68. The van der Waals surface area contributed by atoms with E-state index in [1.54, 1.807) is 0 Å². The molecular weight excluding hydrogens is 165 g/mol. The molecule has 1 atom stereocenters. The number of benzene rings is 1. The lowest BCUT2D eigenvalue weighted by Gasteiger charge is -2.02. The van der Waals surface area contributed by atoms with Crippen LogP contribution in [0.15, 0.2) is 30.5 Å². The van der Waals surface area contributed by atoms with Crippen LogP contribution in [0.25, 0.3) is 10.8 Å². The minimum atomic E-state index is 1.09. The molecule has 0 aliphatic heterocycles. The Morgan fingerprint density at radius 3 is 2.50 bits per heavy atom. The minimum Gasteiger partial charge on any atom is -0.260 e. The summed E-state index contributed by atoms with van der Waals surface area (Å²) >= 11 is 0. The average molecular weight is 175 g/mol. The lowest BCUT2D eigenvalue weighted by atomic mass is 10.1. The van der Waals surface area contributed by atoms with Crippen LogP contribution in [0.5, 0.6) is 0 Å². The molecule has 0 amide bonds. The molecule has 0 radical (unpaired) electrons. The molecule has 60 valence electrons. The van der Waals surface area contributed by atoms with E-state index < -0.39 is 0 Å². The van der Waals surface area contributed by atoms with Crippen LogP contribution in [0.3, 0.4) is 0 Å². The van der Waals surface area contributed by atoms with Gasteiger partial charge in [-0.1, -0.05) is 24.3 Å². The van der Waals surface area contributed by atoms with E-state index in [9.17, 15) is 0 Å². The number of nitrogens with zero attached hydrogens (tertiary/aromatic N) is 1. The highest BCUT2D eigenvalue weighted by molar-refractivity contribution is 7.28. The predicted octanol–water partition coefficient (Wildman–Crippen LogP) is 2.04. The Bertz CT molecular complexity index is 383. The molecule has 1 heterocycles. The van der Waals surface area contributed by atoms with Crippen LogP contribution in [-0.4, -0.2) is 4.98 Å². The number of aryl methyl sites for hydroxylation is 1. The van der Waals surface area contributed by atoms with Gasteiger partial charge in [0, 0.05) is 17.3 Å². The third-order valence-corrected chi connectivity index (χ3v) is 2.49. The molecular formula is C10H10NP. The summed E-state index contributed by atoms with van der Waals surface area (Å²) in [5.74, 6) is 0. The fourth-order valence-electron chi connectivity index (χ4n) is 1.36. The van der Waals surface area contributed by atoms with Gasteiger partial charge < -0.3 is 0 Å². The molecule has 12 heavy (non-hydrogen) atoms. The molecule has 0 aliphatic rings. The number of fused-ring (bicyclic) bond motifs is 1. The molecule has 2 aromatic rings. The molecule has 2 heteroatoms. The number of hydrogen-bond donors (Lipinski definition) is 0. The van der Waals surface area contributed by atoms with Gasteiger partial charge >= 0.3 is 0 Å². The predicted molar refractivity (Wildman–Crippen MR) is 55.8 cm³/mol. The summed E-state index contributed by atoms with van der Waals surface area (Å²) in [6, 6.07) is 8.31. The van der Waals surface area contributed by atoms with Gasteiger partial charge in [0.05, 0.1) is 0 Å². The second-order valence-corrected chi connectivity index (χ2v) is 3.47. The van der Waals surface area contributed by atoms with Crippen molar-refractivity contribution in [2.45, 2.75) is 6.92 Å². The SMILES string of the molecule is Cc1ncc(P)c2ccccc12. The summed E-state index contributed by atoms with van der Waals surface area (Å²) in [5.41, 5.74) is 1.09. The third-order valence-electron chi connectivity index (χ3n) is 2.03. The molecule has 1 nitrogen and oxygen atoms in total. The first-order valence-corrected chi connectivity index (χ1v) is 4.46. The second-order valence-electron chi connectivity index (χ2n) is 2.84. The van der Waals surface area contributed by atoms with E-state index in [1.165, 1.54) is 10.8 Å². The van der Waals surface area contributed by atoms with Crippen LogP contribution in [0.1, 0.15) is 5.69 Å². The van der Waals surface area contributed by atoms with E-state index >= 15 is 0 Å². The standard InChI is InChI=1S/C10H10NP/c1-7-8-4-2-3-5-9(8)10(12)6-11-7/h2-6H,12H2,1H3. The molecule has 2 rings (SSSR count). The zero-order chi connectivity index (χ0) is 8.55. The monoisotopic (exact) mass is 175 g/mol. The molecule has 1 aromatic heterocycles. The minimum absolute atomic E-state index is 1.09. The van der Waals surface area contributed by atoms with Crippen molar-refractivity contribution in [2.24, 2.45) is 0 Å². The Balaban J connectivity index is 2.95. The smallest absolute Gasteiger partial charge is 0.0451 e. The molecule has 0 saturated heterocycles. The molecule has 1 aromatic carbocycles. The molecule has 0 fully saturated rings. The molecule has 0 aliphatic carbocycles. The van der Waals surface area contributed by atoms with Gasteiger partial charge in [-0.2, -0.15) is 0 Å². The van der Waals surface area contributed by atoms with Crippen LogP contribution < -0.4 is 5.30 Å². The molecule has 1 unspecified atom stereocenters. The van der Waals surface area contributed by atoms with Crippen LogP contribution >= 0.6 is 9.24 Å². The normalized spacial score (nSPS) is 10.5. The van der Waals surface area contributed by atoms with Gasteiger partial charge in [0.25, 0.3) is 0 Å². The first kappa shape index (κ1) is 7.70. The molecule has 0 spiro atoms. The van der Waals surface area contributed by atoms with E-state index in [0.29, 0.717) is 0 Å². The van der Waals surface area contributed by atoms with Crippen molar-refractivity contribution in [3.8, 4) is 0 Å². The van der Waals surface area contributed by atoms with Crippen molar-refractivity contribution in [3.63, 3.8) is 0 Å². The molecule has 0 bridgehead atoms. The Hall–Kier alpha value is -0.940. The largest absolute Gasteiger partial charge is 0.260 e. The molecule has 0 N–H and O–H groups in total. The van der Waals surface area contributed by atoms with Crippen molar-refractivity contribution in [1.82, 2.24) is 4.98 Å². The highest BCUT2D eigenvalue weighted by Crippen LogP contribution is 2.15. The van der Waals surface area contributed by atoms with Crippen molar-refractivity contribution in [2.75, 3.05) is 0 Å². The van der Waals surface area contributed by atoms with Crippen LogP contribution in [0.4, 0.5) is 0 Å². The van der Waals surface area contributed by atoms with Gasteiger partial charge in [-0.3, -0.25) is 4.98 Å². The van der Waals surface area contributed by atoms with Gasteiger partial charge in [-0.25, -0.2) is 0 Å². The number of aromatic nitrogens is 1. The van der Waals surface area contributed by atoms with Crippen molar-refractivity contribution < 1.29 is 0 Å². The van der Waals surface area contributed by atoms with E-state index in [0.717, 1.165) is 11.0 Å². The van der Waals surface area contributed by atoms with Gasteiger partial charge in [-0.15, -0.1) is 9.24 Å². The maximum atomic E-state index is 4.29. The fourth-order valence-corrected chi connectivity index (χ4v) is 1.68. The van der Waals surface area contributed by atoms with E-state index in [2.05, 4.69) is 32.4 Å². The van der Waals surface area contributed by atoms with Gasteiger partial charge in [-0.05, 0) is 17.6 Å². The summed E-state index contributed by atoms with van der Waals surface area (Å²) in [6.07, 6.45) is 1.89. The van der Waals surface area contributed by atoms with Crippen molar-refractivity contribution in [1.29, 1.82) is 0 Å². The first-order valence-electron chi connectivity index (χ1n) is 3.89. The third kappa shape index (κ3) is 1.11. The van der Waals surface area contributed by atoms with E-state index in [1.807, 2.05) is 19.2 Å². The summed E-state index contributed by atoms with van der Waals surface area (Å²) in [7, 11) is 2.70. The number of hydrogen-bond acceptors (Lipinski definition) is 1. The quantitative estimate of drug-likeness (QED) is 0.558. The Morgan fingerprint density at radius 1 is 1.17 bits per heavy atom. The highest BCUT2D eigenvalue weighted by Gasteiger charge is 1.98. The molecule has 0 saturated carbocycles. The topological polar surface area (TPSA) is 12.9 Å². The maximum absolute atomic E-state index is 4.29. The Labute approximate surface area is 74.0 Å². The second kappa shape index (κ2) is 2.84. The Kier molecular flexibility index (Phi) is 1.82. The zero-order valence-electron chi connectivity index (χ0n) is 6.91. The number of rotatable bonds is 0. The van der Waals surface area contributed by atoms with Crippen LogP contribution in [0, 0.1) is 6.92 Å². The summed E-state index contributed by atoms with van der Waals surface area (Å²) < 4.78 is 0. The van der Waals surface area contributed by atoms with Crippen molar-refractivity contribution in [3.05, 3.63) is 36.2 Å². The number of pyridine rings is 1. The van der Waals surface area contributed by atoms with Gasteiger partial charge in [0.1, 0.15) is 0 Å². The summed E-state index contributed by atoms with van der Waals surface area (Å²) in [4.78, 5) is 4.29. The van der Waals surface area contributed by atoms with Gasteiger partial charge in [0.15, 0.2) is 0 Å². The lowest BCUT2D eigenvalue weighted by Crippen LogP contribution is -1.96. The zero-order valence-corrected chi connectivity index (χ0v) is 8.07. The lowest BCUT2D eigenvalue weighted by molar-refractivity contribution is 1.25. The van der Waals surface area contributed by atoms with Crippen LogP contribution in [0.2, 0.25) is 0 Å². The Morgan fingerprint density at radius 2 is 1.83 bits per heavy atom. The fraction of sp³-hybridized carbons (Fsp3) is 0.100. The maximum Gasteiger partial charge on any atom is 0.0451 e. The average Bonchev–Trinajstić information content (AvgIpc) is 2.12. The van der Waals surface area contributed by atoms with Crippen LogP contribution in [-0.2, 0) is 0 Å².